The van der Waals surface area contributed by atoms with E-state index < -0.39 is 0 Å². The predicted molar refractivity (Wildman–Crippen MR) is 72.4 cm³/mol. The van der Waals surface area contributed by atoms with Crippen molar-refractivity contribution in [1.29, 1.82) is 0 Å². The number of hydrogen-bond donors (Lipinski definition) is 0. The summed E-state index contributed by atoms with van der Waals surface area (Å²) in [5, 5.41) is 2.62. The predicted octanol–water partition coefficient (Wildman–Crippen LogP) is 4.82. The fourth-order valence-electron chi connectivity index (χ4n) is 1.94. The minimum atomic E-state index is 0.926. The molecule has 0 N–H and O–H groups in total. The number of hydrogen-bond acceptors (Lipinski definition) is 0. The van der Waals surface area contributed by atoms with E-state index in [0.29, 0.717) is 0 Å². The van der Waals surface area contributed by atoms with Crippen LogP contribution in [-0.2, 0) is 0 Å². The van der Waals surface area contributed by atoms with Gasteiger partial charge in [-0.25, -0.2) is 0 Å². The first-order chi connectivity index (χ1) is 7.83. The second-order valence-corrected chi connectivity index (χ2v) is 3.94. The summed E-state index contributed by atoms with van der Waals surface area (Å²) >= 11 is 0. The van der Waals surface area contributed by atoms with Crippen LogP contribution in [0.3, 0.4) is 0 Å². The topological polar surface area (TPSA) is 0 Å². The van der Waals surface area contributed by atoms with Crippen molar-refractivity contribution in [3.63, 3.8) is 0 Å². The smallest absolute Gasteiger partial charge is 0.0109 e. The van der Waals surface area contributed by atoms with Crippen molar-refractivity contribution in [2.75, 3.05) is 0 Å². The highest BCUT2D eigenvalue weighted by Gasteiger charge is 2.00. The first-order valence-corrected chi connectivity index (χ1v) is 5.58. The van der Waals surface area contributed by atoms with Crippen molar-refractivity contribution in [1.82, 2.24) is 0 Å². The number of benzene rings is 2. The zero-order valence-electron chi connectivity index (χ0n) is 9.61. The molecule has 0 aliphatic carbocycles. The van der Waals surface area contributed by atoms with Crippen molar-refractivity contribution in [3.8, 4) is 0 Å². The second kappa shape index (κ2) is 4.80. The molecule has 0 saturated carbocycles. The molecule has 16 heavy (non-hydrogen) atoms. The third kappa shape index (κ3) is 2.06. The van der Waals surface area contributed by atoms with E-state index in [1.54, 1.807) is 0 Å². The highest BCUT2D eigenvalue weighted by atomic mass is 14.0. The summed E-state index contributed by atoms with van der Waals surface area (Å²) in [6.45, 7) is 5.90. The fourth-order valence-corrected chi connectivity index (χ4v) is 1.94. The van der Waals surface area contributed by atoms with Crippen LogP contribution in [0.2, 0.25) is 0 Å². The second-order valence-electron chi connectivity index (χ2n) is 3.94. The molecule has 2 rings (SSSR count). The Kier molecular flexibility index (Phi) is 3.21. The molecule has 2 aromatic rings. The monoisotopic (exact) mass is 208 g/mol. The van der Waals surface area contributed by atoms with Gasteiger partial charge in [0.05, 0.1) is 0 Å². The average Bonchev–Trinajstić information content (AvgIpc) is 2.35. The first kappa shape index (κ1) is 10.7. The van der Waals surface area contributed by atoms with Gasteiger partial charge in [-0.2, -0.15) is 0 Å². The van der Waals surface area contributed by atoms with Gasteiger partial charge in [-0.15, -0.1) is 6.58 Å². The highest BCUT2D eigenvalue weighted by Crippen LogP contribution is 2.24. The van der Waals surface area contributed by atoms with Gasteiger partial charge in [0.15, 0.2) is 0 Å². The normalized spacial score (nSPS) is 11.7. The Bertz CT molecular complexity index is 527. The van der Waals surface area contributed by atoms with Crippen LogP contribution in [0.1, 0.15) is 18.9 Å². The maximum absolute atomic E-state index is 3.74. The van der Waals surface area contributed by atoms with Crippen LogP contribution in [0.25, 0.3) is 16.3 Å². The molecular formula is C16H16. The lowest BCUT2D eigenvalue weighted by molar-refractivity contribution is 1.39. The van der Waals surface area contributed by atoms with Gasteiger partial charge in [0, 0.05) is 0 Å². The molecular weight excluding hydrogens is 192 g/mol. The average molecular weight is 208 g/mol. The van der Waals surface area contributed by atoms with Gasteiger partial charge in [0.2, 0.25) is 0 Å². The SMILES string of the molecule is C=CCC=C(C)c1cccc2ccccc12. The minimum Gasteiger partial charge on any atom is -0.103 e. The van der Waals surface area contributed by atoms with Crippen molar-refractivity contribution >= 4 is 16.3 Å². The minimum absolute atomic E-state index is 0.926. The van der Waals surface area contributed by atoms with E-state index >= 15 is 0 Å². The van der Waals surface area contributed by atoms with E-state index in [9.17, 15) is 0 Å². The Labute approximate surface area is 96.9 Å². The van der Waals surface area contributed by atoms with Crippen molar-refractivity contribution < 1.29 is 0 Å². The van der Waals surface area contributed by atoms with E-state index in [-0.39, 0.29) is 0 Å². The van der Waals surface area contributed by atoms with Crippen LogP contribution in [0.15, 0.2) is 61.2 Å². The van der Waals surface area contributed by atoms with Gasteiger partial charge in [-0.1, -0.05) is 54.6 Å². The van der Waals surface area contributed by atoms with Crippen LogP contribution < -0.4 is 0 Å². The molecule has 0 bridgehead atoms. The largest absolute Gasteiger partial charge is 0.103 e. The summed E-state index contributed by atoms with van der Waals surface area (Å²) in [5.74, 6) is 0. The maximum Gasteiger partial charge on any atom is -0.0109 e. The Morgan fingerprint density at radius 1 is 1.12 bits per heavy atom. The molecule has 2 aromatic carbocycles. The Morgan fingerprint density at radius 3 is 2.69 bits per heavy atom. The lowest BCUT2D eigenvalue weighted by Gasteiger charge is -2.06. The van der Waals surface area contributed by atoms with Gasteiger partial charge >= 0.3 is 0 Å². The van der Waals surface area contributed by atoms with Crippen LogP contribution >= 0.6 is 0 Å². The molecule has 0 heteroatoms. The van der Waals surface area contributed by atoms with Gasteiger partial charge in [-0.3, -0.25) is 0 Å². The van der Waals surface area contributed by atoms with E-state index in [4.69, 9.17) is 0 Å². The Hall–Kier alpha value is -1.82. The zero-order chi connectivity index (χ0) is 11.4. The standard InChI is InChI=1S/C16H16/c1-3-4-8-13(2)15-12-7-10-14-9-5-6-11-16(14)15/h3,5-12H,1,4H2,2H3. The molecule has 0 aliphatic heterocycles. The molecule has 0 saturated heterocycles. The van der Waals surface area contributed by atoms with Crippen LogP contribution in [-0.4, -0.2) is 0 Å². The third-order valence-electron chi connectivity index (χ3n) is 2.81. The molecule has 0 heterocycles. The molecule has 0 radical (unpaired) electrons. The van der Waals surface area contributed by atoms with E-state index in [0.717, 1.165) is 6.42 Å². The van der Waals surface area contributed by atoms with E-state index in [1.165, 1.54) is 21.9 Å². The molecule has 0 spiro atoms. The maximum atomic E-state index is 3.74. The van der Waals surface area contributed by atoms with Crippen molar-refractivity contribution in [3.05, 3.63) is 66.8 Å². The molecule has 0 aliphatic rings. The molecule has 0 amide bonds. The summed E-state index contributed by atoms with van der Waals surface area (Å²) in [5.41, 5.74) is 2.64. The summed E-state index contributed by atoms with van der Waals surface area (Å²) in [4.78, 5) is 0. The van der Waals surface area contributed by atoms with Crippen LogP contribution in [0.5, 0.6) is 0 Å². The quantitative estimate of drug-likeness (QED) is 0.634. The van der Waals surface area contributed by atoms with Gasteiger partial charge in [0.25, 0.3) is 0 Å². The van der Waals surface area contributed by atoms with Gasteiger partial charge < -0.3 is 0 Å². The third-order valence-corrected chi connectivity index (χ3v) is 2.81. The van der Waals surface area contributed by atoms with Crippen LogP contribution in [0, 0.1) is 0 Å². The fraction of sp³-hybridized carbons (Fsp3) is 0.125. The lowest BCUT2D eigenvalue weighted by atomic mass is 9.98. The summed E-state index contributed by atoms with van der Waals surface area (Å²) in [6.07, 6.45) is 5.07. The number of allylic oxidation sites excluding steroid dienone is 3. The zero-order valence-corrected chi connectivity index (χ0v) is 9.61. The van der Waals surface area contributed by atoms with Gasteiger partial charge in [-0.05, 0) is 35.3 Å². The molecule has 0 nitrogen and oxygen atoms in total. The molecule has 0 aromatic heterocycles. The van der Waals surface area contributed by atoms with Crippen molar-refractivity contribution in [2.24, 2.45) is 0 Å². The number of rotatable bonds is 3. The van der Waals surface area contributed by atoms with Crippen LogP contribution in [0.4, 0.5) is 0 Å². The first-order valence-electron chi connectivity index (χ1n) is 5.58. The Balaban J connectivity index is 2.56. The summed E-state index contributed by atoms with van der Waals surface area (Å²) in [6, 6.07) is 14.9. The molecule has 80 valence electrons. The van der Waals surface area contributed by atoms with E-state index in [2.05, 4.69) is 62.0 Å². The molecule has 0 unspecified atom stereocenters. The number of fused-ring (bicyclic) bond motifs is 1. The molecule has 0 atom stereocenters. The summed E-state index contributed by atoms with van der Waals surface area (Å²) < 4.78 is 0. The van der Waals surface area contributed by atoms with Crippen molar-refractivity contribution in [2.45, 2.75) is 13.3 Å². The Morgan fingerprint density at radius 2 is 1.88 bits per heavy atom. The van der Waals surface area contributed by atoms with Gasteiger partial charge in [0.1, 0.15) is 0 Å². The molecule has 0 fully saturated rings. The summed E-state index contributed by atoms with van der Waals surface area (Å²) in [7, 11) is 0. The highest BCUT2D eigenvalue weighted by molar-refractivity contribution is 5.93. The van der Waals surface area contributed by atoms with E-state index in [1.807, 2.05) is 6.08 Å². The lowest BCUT2D eigenvalue weighted by Crippen LogP contribution is -1.82.